The second kappa shape index (κ2) is 6.03. The number of nitrogens with zero attached hydrogens (tertiary/aromatic N) is 4. The van der Waals surface area contributed by atoms with Gasteiger partial charge in [0.1, 0.15) is 25.0 Å². The molecule has 0 amide bonds. The molecule has 0 spiro atoms. The summed E-state index contributed by atoms with van der Waals surface area (Å²) in [6.45, 7) is 0.361. The molecule has 7 nitrogen and oxygen atoms in total. The monoisotopic (exact) mass is 376 g/mol. The van der Waals surface area contributed by atoms with E-state index >= 15 is 0 Å². The molecule has 2 aromatic rings. The summed E-state index contributed by atoms with van der Waals surface area (Å²) >= 11 is 12.3. The lowest BCUT2D eigenvalue weighted by Crippen LogP contribution is -2.38. The lowest BCUT2D eigenvalue weighted by molar-refractivity contribution is -0.0118. The Morgan fingerprint density at radius 1 is 1.39 bits per heavy atom. The van der Waals surface area contributed by atoms with E-state index in [1.165, 1.54) is 17.0 Å². The van der Waals surface area contributed by atoms with Crippen LogP contribution in [-0.4, -0.2) is 47.0 Å². The number of benzene rings is 1. The van der Waals surface area contributed by atoms with E-state index in [9.17, 15) is 8.42 Å². The summed E-state index contributed by atoms with van der Waals surface area (Å²) in [5, 5.41) is 4.98. The van der Waals surface area contributed by atoms with Gasteiger partial charge in [-0.2, -0.15) is 9.40 Å². The largest absolute Gasteiger partial charge is 0.350 e. The van der Waals surface area contributed by atoms with E-state index in [1.807, 2.05) is 0 Å². The first-order valence-electron chi connectivity index (χ1n) is 6.67. The third-order valence-corrected chi connectivity index (χ3v) is 5.41. The molecule has 3 rings (SSSR count). The van der Waals surface area contributed by atoms with Crippen molar-refractivity contribution in [2.45, 2.75) is 12.1 Å². The SMILES string of the molecule is CS(=O)(=O)N1COC(Cn2cncn2)(c2ccc(Cl)cc2Cl)C1. The van der Waals surface area contributed by atoms with Crippen molar-refractivity contribution in [3.8, 4) is 0 Å². The minimum Gasteiger partial charge on any atom is -0.350 e. The molecule has 1 fully saturated rings. The van der Waals surface area contributed by atoms with Crippen molar-refractivity contribution in [2.24, 2.45) is 0 Å². The average Bonchev–Trinajstić information content (AvgIpc) is 3.08. The van der Waals surface area contributed by atoms with Crippen molar-refractivity contribution < 1.29 is 13.2 Å². The molecule has 124 valence electrons. The summed E-state index contributed by atoms with van der Waals surface area (Å²) in [5.41, 5.74) is -0.302. The van der Waals surface area contributed by atoms with Crippen LogP contribution in [0.5, 0.6) is 0 Å². The van der Waals surface area contributed by atoms with Crippen molar-refractivity contribution in [3.63, 3.8) is 0 Å². The third-order valence-electron chi connectivity index (χ3n) is 3.69. The van der Waals surface area contributed by atoms with Gasteiger partial charge in [-0.05, 0) is 12.1 Å². The summed E-state index contributed by atoms with van der Waals surface area (Å²) in [6, 6.07) is 5.04. The molecule has 10 heteroatoms. The van der Waals surface area contributed by atoms with Crippen LogP contribution in [0, 0.1) is 0 Å². The van der Waals surface area contributed by atoms with Gasteiger partial charge in [-0.15, -0.1) is 0 Å². The lowest BCUT2D eigenvalue weighted by atomic mass is 9.94. The van der Waals surface area contributed by atoms with Crippen LogP contribution in [0.25, 0.3) is 0 Å². The van der Waals surface area contributed by atoms with Crippen LogP contribution in [0.15, 0.2) is 30.9 Å². The molecule has 1 saturated heterocycles. The number of rotatable bonds is 4. The molecule has 1 aromatic heterocycles. The summed E-state index contributed by atoms with van der Waals surface area (Å²) < 4.78 is 32.4. The number of halogens is 2. The van der Waals surface area contributed by atoms with Crippen molar-refractivity contribution in [3.05, 3.63) is 46.5 Å². The van der Waals surface area contributed by atoms with Crippen molar-refractivity contribution in [1.82, 2.24) is 19.1 Å². The van der Waals surface area contributed by atoms with Crippen LogP contribution in [0.3, 0.4) is 0 Å². The zero-order chi connectivity index (χ0) is 16.7. The Morgan fingerprint density at radius 2 is 2.17 bits per heavy atom. The van der Waals surface area contributed by atoms with Crippen molar-refractivity contribution in [1.29, 1.82) is 0 Å². The molecule has 0 bridgehead atoms. The molecule has 0 aliphatic carbocycles. The van der Waals surface area contributed by atoms with Crippen molar-refractivity contribution in [2.75, 3.05) is 19.5 Å². The Morgan fingerprint density at radius 3 is 2.74 bits per heavy atom. The van der Waals surface area contributed by atoms with Crippen molar-refractivity contribution >= 4 is 33.2 Å². The molecule has 1 aliphatic heterocycles. The first kappa shape index (κ1) is 16.7. The molecule has 0 saturated carbocycles. The lowest BCUT2D eigenvalue weighted by Gasteiger charge is -2.29. The predicted molar refractivity (Wildman–Crippen MR) is 85.7 cm³/mol. The van der Waals surface area contributed by atoms with Gasteiger partial charge in [0.15, 0.2) is 0 Å². The van der Waals surface area contributed by atoms with Gasteiger partial charge in [-0.25, -0.2) is 18.1 Å². The average molecular weight is 377 g/mol. The number of ether oxygens (including phenoxy) is 1. The Kier molecular flexibility index (Phi) is 4.37. The first-order chi connectivity index (χ1) is 10.8. The molecule has 1 aliphatic rings. The maximum absolute atomic E-state index is 11.9. The Labute approximate surface area is 143 Å². The van der Waals surface area contributed by atoms with Crippen LogP contribution in [0.4, 0.5) is 0 Å². The van der Waals surface area contributed by atoms with Gasteiger partial charge >= 0.3 is 0 Å². The Bertz CT molecular complexity index is 813. The summed E-state index contributed by atoms with van der Waals surface area (Å²) in [4.78, 5) is 3.90. The van der Waals surface area contributed by atoms with E-state index in [4.69, 9.17) is 27.9 Å². The topological polar surface area (TPSA) is 77.3 Å². The van der Waals surface area contributed by atoms with Crippen LogP contribution in [-0.2, 0) is 26.9 Å². The maximum Gasteiger partial charge on any atom is 0.213 e. The zero-order valence-electron chi connectivity index (χ0n) is 12.2. The third kappa shape index (κ3) is 3.36. The molecule has 23 heavy (non-hydrogen) atoms. The van der Waals surface area contributed by atoms with Gasteiger partial charge in [-0.3, -0.25) is 0 Å². The number of sulfonamides is 1. The first-order valence-corrected chi connectivity index (χ1v) is 9.28. The van der Waals surface area contributed by atoms with E-state index in [0.717, 1.165) is 6.26 Å². The second-order valence-electron chi connectivity index (χ2n) is 5.36. The highest BCUT2D eigenvalue weighted by Gasteiger charge is 2.45. The fourth-order valence-corrected chi connectivity index (χ4v) is 3.83. The van der Waals surface area contributed by atoms with E-state index in [2.05, 4.69) is 10.1 Å². The number of hydrogen-bond donors (Lipinski definition) is 0. The van der Waals surface area contributed by atoms with Crippen LogP contribution in [0.1, 0.15) is 5.56 Å². The quantitative estimate of drug-likeness (QED) is 0.811. The predicted octanol–water partition coefficient (Wildman–Crippen LogP) is 1.73. The molecular formula is C13H14Cl2N4O3S. The molecule has 1 atom stereocenters. The van der Waals surface area contributed by atoms with Gasteiger partial charge in [0, 0.05) is 15.6 Å². The summed E-state index contributed by atoms with van der Waals surface area (Å²) in [5.74, 6) is 0. The fraction of sp³-hybridized carbons (Fsp3) is 0.385. The Balaban J connectivity index is 2.04. The van der Waals surface area contributed by atoms with Gasteiger partial charge < -0.3 is 4.74 Å². The van der Waals surface area contributed by atoms with Gasteiger partial charge in [0.05, 0.1) is 19.3 Å². The summed E-state index contributed by atoms with van der Waals surface area (Å²) in [6.07, 6.45) is 4.09. The molecule has 0 radical (unpaired) electrons. The normalized spacial score (nSPS) is 22.6. The standard InChI is InChI=1S/C13H14Cl2N4O3S/c1-23(20,21)19-6-13(22-9-19,5-18-8-16-7-17-18)11-3-2-10(14)4-12(11)15/h2-4,7-8H,5-6,9H2,1H3. The van der Waals surface area contributed by atoms with Crippen LogP contribution >= 0.6 is 23.2 Å². The maximum atomic E-state index is 11.9. The highest BCUT2D eigenvalue weighted by atomic mass is 35.5. The Hall–Kier alpha value is -1.19. The second-order valence-corrected chi connectivity index (χ2v) is 8.18. The highest BCUT2D eigenvalue weighted by molar-refractivity contribution is 7.88. The molecule has 1 unspecified atom stereocenters. The van der Waals surface area contributed by atoms with Crippen LogP contribution < -0.4 is 0 Å². The minimum absolute atomic E-state index is 0.0491. The highest BCUT2D eigenvalue weighted by Crippen LogP contribution is 2.39. The van der Waals surface area contributed by atoms with E-state index < -0.39 is 15.6 Å². The van der Waals surface area contributed by atoms with Gasteiger partial charge in [-0.1, -0.05) is 29.3 Å². The smallest absolute Gasteiger partial charge is 0.213 e. The zero-order valence-corrected chi connectivity index (χ0v) is 14.5. The van der Waals surface area contributed by atoms with E-state index in [1.54, 1.807) is 22.9 Å². The molecule has 1 aromatic carbocycles. The molecule has 2 heterocycles. The molecular weight excluding hydrogens is 363 g/mol. The number of hydrogen-bond acceptors (Lipinski definition) is 5. The van der Waals surface area contributed by atoms with Gasteiger partial charge in [0.25, 0.3) is 0 Å². The fourth-order valence-electron chi connectivity index (χ4n) is 2.56. The number of aromatic nitrogens is 3. The summed E-state index contributed by atoms with van der Waals surface area (Å²) in [7, 11) is -3.39. The minimum atomic E-state index is -3.39. The van der Waals surface area contributed by atoms with E-state index in [0.29, 0.717) is 15.6 Å². The molecule has 0 N–H and O–H groups in total. The van der Waals surface area contributed by atoms with E-state index in [-0.39, 0.29) is 19.8 Å². The van der Waals surface area contributed by atoms with Crippen LogP contribution in [0.2, 0.25) is 10.0 Å². The van der Waals surface area contributed by atoms with Gasteiger partial charge in [0.2, 0.25) is 10.0 Å².